The largest absolute Gasteiger partial charge is 0.427 e. The molecule has 2 aliphatic rings. The zero-order valence-electron chi connectivity index (χ0n) is 18.0. The minimum absolute atomic E-state index is 0.0709. The first-order valence-corrected chi connectivity index (χ1v) is 9.80. The Balaban J connectivity index is 2.07. The summed E-state index contributed by atoms with van der Waals surface area (Å²) in [5.41, 5.74) is 1.24. The number of amides is 1. The molecule has 0 aliphatic carbocycles. The van der Waals surface area contributed by atoms with E-state index in [0.717, 1.165) is 16.7 Å². The molecule has 0 radical (unpaired) electrons. The number of esters is 1. The molecular formula is C22H29NO6. The Hall–Kier alpha value is -2.22. The first-order valence-electron chi connectivity index (χ1n) is 9.80. The third-order valence-electron chi connectivity index (χ3n) is 5.42. The Bertz CT molecular complexity index is 833. The van der Waals surface area contributed by atoms with E-state index < -0.39 is 16.9 Å². The van der Waals surface area contributed by atoms with Gasteiger partial charge >= 0.3 is 5.97 Å². The minimum atomic E-state index is -0.991. The summed E-state index contributed by atoms with van der Waals surface area (Å²) in [6, 6.07) is 5.79. The van der Waals surface area contributed by atoms with Gasteiger partial charge in [0, 0.05) is 6.61 Å². The van der Waals surface area contributed by atoms with Crippen LogP contribution >= 0.6 is 0 Å². The highest BCUT2D eigenvalue weighted by Crippen LogP contribution is 2.44. The number of ether oxygens (including phenoxy) is 3. The van der Waals surface area contributed by atoms with E-state index in [9.17, 15) is 9.59 Å². The van der Waals surface area contributed by atoms with Gasteiger partial charge in [-0.25, -0.2) is 9.90 Å². The summed E-state index contributed by atoms with van der Waals surface area (Å²) in [5.74, 6) is -0.477. The van der Waals surface area contributed by atoms with Crippen LogP contribution in [0.25, 0.3) is 5.57 Å². The molecule has 0 N–H and O–H groups in total. The number of benzene rings is 1. The summed E-state index contributed by atoms with van der Waals surface area (Å²) >= 11 is 0. The highest BCUT2D eigenvalue weighted by Gasteiger charge is 2.52. The van der Waals surface area contributed by atoms with Crippen LogP contribution in [-0.2, 0) is 28.6 Å². The Labute approximate surface area is 171 Å². The molecule has 29 heavy (non-hydrogen) atoms. The van der Waals surface area contributed by atoms with Gasteiger partial charge in [0.15, 0.2) is 6.79 Å². The van der Waals surface area contributed by atoms with Crippen molar-refractivity contribution < 1.29 is 28.6 Å². The maximum Gasteiger partial charge on any atom is 0.321 e. The molecule has 0 spiro atoms. The van der Waals surface area contributed by atoms with Crippen LogP contribution in [0.4, 0.5) is 0 Å². The second kappa shape index (κ2) is 7.89. The predicted octanol–water partition coefficient (Wildman–Crippen LogP) is 3.14. The van der Waals surface area contributed by atoms with Gasteiger partial charge < -0.3 is 14.2 Å². The minimum Gasteiger partial charge on any atom is -0.427 e. The van der Waals surface area contributed by atoms with Crippen LogP contribution in [0.2, 0.25) is 0 Å². The summed E-state index contributed by atoms with van der Waals surface area (Å²) in [6.07, 6.45) is 0. The van der Waals surface area contributed by atoms with Crippen LogP contribution in [0.3, 0.4) is 0 Å². The molecule has 2 aliphatic heterocycles. The van der Waals surface area contributed by atoms with Crippen molar-refractivity contribution >= 4 is 17.4 Å². The Morgan fingerprint density at radius 2 is 1.79 bits per heavy atom. The van der Waals surface area contributed by atoms with Gasteiger partial charge in [-0.05, 0) is 58.2 Å². The lowest BCUT2D eigenvalue weighted by Crippen LogP contribution is -2.49. The fourth-order valence-corrected chi connectivity index (χ4v) is 3.59. The van der Waals surface area contributed by atoms with Crippen LogP contribution in [0, 0.1) is 19.3 Å². The SMILES string of the molecule is CCOCON1C(=O)C(c2c(C)cccc2C)=C(OC(=O)C2(C)COC2)C1(C)C. The van der Waals surface area contributed by atoms with Gasteiger partial charge in [-0.15, -0.1) is 0 Å². The third-order valence-corrected chi connectivity index (χ3v) is 5.42. The van der Waals surface area contributed by atoms with Crippen LogP contribution in [0.15, 0.2) is 24.0 Å². The number of hydroxylamine groups is 2. The number of hydrogen-bond donors (Lipinski definition) is 0. The van der Waals surface area contributed by atoms with Crippen LogP contribution in [0.1, 0.15) is 44.4 Å². The van der Waals surface area contributed by atoms with Crippen molar-refractivity contribution in [3.05, 3.63) is 40.6 Å². The Morgan fingerprint density at radius 3 is 2.31 bits per heavy atom. The lowest BCUT2D eigenvalue weighted by molar-refractivity contribution is -0.244. The number of hydrogen-bond acceptors (Lipinski definition) is 6. The summed E-state index contributed by atoms with van der Waals surface area (Å²) in [5, 5.41) is 1.24. The molecule has 0 unspecified atom stereocenters. The van der Waals surface area contributed by atoms with E-state index in [-0.39, 0.29) is 18.5 Å². The maximum atomic E-state index is 13.4. The fourth-order valence-electron chi connectivity index (χ4n) is 3.59. The van der Waals surface area contributed by atoms with Crippen molar-refractivity contribution in [2.24, 2.45) is 5.41 Å². The van der Waals surface area contributed by atoms with Crippen molar-refractivity contribution in [2.75, 3.05) is 26.6 Å². The van der Waals surface area contributed by atoms with Gasteiger partial charge in [-0.3, -0.25) is 9.59 Å². The highest BCUT2D eigenvalue weighted by molar-refractivity contribution is 6.23. The number of carbonyl (C=O) groups is 2. The van der Waals surface area contributed by atoms with Gasteiger partial charge in [-0.2, -0.15) is 0 Å². The lowest BCUT2D eigenvalue weighted by Gasteiger charge is -2.37. The summed E-state index contributed by atoms with van der Waals surface area (Å²) in [7, 11) is 0. The molecule has 1 saturated heterocycles. The molecule has 158 valence electrons. The second-order valence-corrected chi connectivity index (χ2v) is 8.31. The molecule has 2 heterocycles. The maximum absolute atomic E-state index is 13.4. The molecule has 7 nitrogen and oxygen atoms in total. The van der Waals surface area contributed by atoms with E-state index in [1.165, 1.54) is 5.06 Å². The fraction of sp³-hybridized carbons (Fsp3) is 0.545. The Kier molecular flexibility index (Phi) is 5.85. The number of carbonyl (C=O) groups excluding carboxylic acids is 2. The van der Waals surface area contributed by atoms with Gasteiger partial charge in [0.05, 0.1) is 18.8 Å². The lowest BCUT2D eigenvalue weighted by atomic mass is 9.88. The number of aryl methyl sites for hydroxylation is 2. The van der Waals surface area contributed by atoms with E-state index in [1.54, 1.807) is 20.8 Å². The molecule has 1 aromatic carbocycles. The van der Waals surface area contributed by atoms with Crippen molar-refractivity contribution in [2.45, 2.75) is 47.1 Å². The summed E-state index contributed by atoms with van der Waals surface area (Å²) < 4.78 is 16.4. The van der Waals surface area contributed by atoms with Crippen molar-refractivity contribution in [1.29, 1.82) is 0 Å². The number of nitrogens with zero attached hydrogens (tertiary/aromatic N) is 1. The van der Waals surface area contributed by atoms with E-state index in [1.807, 2.05) is 39.0 Å². The normalized spacial score (nSPS) is 20.1. The molecule has 0 saturated carbocycles. The average Bonchev–Trinajstić information content (AvgIpc) is 2.80. The van der Waals surface area contributed by atoms with Gasteiger partial charge in [0.1, 0.15) is 16.7 Å². The standard InChI is InChI=1S/C22H29NO6/c1-7-26-13-28-23-19(24)17(16-14(2)9-8-10-15(16)3)18(21(23,4)5)29-20(25)22(6)11-27-12-22/h8-10H,7,11-13H2,1-6H3. The molecule has 1 aromatic rings. The predicted molar refractivity (Wildman–Crippen MR) is 106 cm³/mol. The molecule has 3 rings (SSSR count). The average molecular weight is 403 g/mol. The third kappa shape index (κ3) is 3.70. The monoisotopic (exact) mass is 403 g/mol. The molecule has 0 aromatic heterocycles. The van der Waals surface area contributed by atoms with Gasteiger partial charge in [0.25, 0.3) is 5.91 Å². The topological polar surface area (TPSA) is 74.3 Å². The molecule has 7 heteroatoms. The molecular weight excluding hydrogens is 374 g/mol. The first-order chi connectivity index (χ1) is 13.6. The smallest absolute Gasteiger partial charge is 0.321 e. The first kappa shape index (κ1) is 21.5. The molecule has 1 fully saturated rings. The van der Waals surface area contributed by atoms with E-state index in [2.05, 4.69) is 0 Å². The van der Waals surface area contributed by atoms with E-state index >= 15 is 0 Å². The number of rotatable bonds is 7. The zero-order valence-corrected chi connectivity index (χ0v) is 18.0. The quantitative estimate of drug-likeness (QED) is 0.396. The highest BCUT2D eigenvalue weighted by atomic mass is 16.8. The van der Waals surface area contributed by atoms with Crippen LogP contribution < -0.4 is 0 Å². The van der Waals surface area contributed by atoms with Crippen molar-refractivity contribution in [1.82, 2.24) is 5.06 Å². The van der Waals surface area contributed by atoms with Gasteiger partial charge in [-0.1, -0.05) is 18.2 Å². The van der Waals surface area contributed by atoms with Crippen molar-refractivity contribution in [3.8, 4) is 0 Å². The van der Waals surface area contributed by atoms with E-state index in [0.29, 0.717) is 25.4 Å². The zero-order chi connectivity index (χ0) is 21.4. The molecule has 1 amide bonds. The van der Waals surface area contributed by atoms with Crippen LogP contribution in [-0.4, -0.2) is 49.1 Å². The van der Waals surface area contributed by atoms with Gasteiger partial charge in [0.2, 0.25) is 0 Å². The Morgan fingerprint density at radius 1 is 1.17 bits per heavy atom. The summed E-state index contributed by atoms with van der Waals surface area (Å²) in [6.45, 7) is 12.1. The second-order valence-electron chi connectivity index (χ2n) is 8.31. The summed E-state index contributed by atoms with van der Waals surface area (Å²) in [4.78, 5) is 31.9. The molecule has 0 atom stereocenters. The van der Waals surface area contributed by atoms with E-state index in [4.69, 9.17) is 19.0 Å². The van der Waals surface area contributed by atoms with Crippen molar-refractivity contribution in [3.63, 3.8) is 0 Å². The molecule has 0 bridgehead atoms. The van der Waals surface area contributed by atoms with Crippen LogP contribution in [0.5, 0.6) is 0 Å².